The largest absolute Gasteiger partial charge is 0.508 e. The van der Waals surface area contributed by atoms with E-state index in [9.17, 15) is 9.59 Å². The number of carbonyl (C=O) groups excluding carboxylic acids is 1. The van der Waals surface area contributed by atoms with E-state index in [4.69, 9.17) is 10.2 Å². The Balaban J connectivity index is 2.41. The fourth-order valence-electron chi connectivity index (χ4n) is 1.31. The Morgan fingerprint density at radius 3 is 2.44 bits per heavy atom. The SMILES string of the molecule is CC(=O)N[C@@H](CSCc1ccc(O)cc1)C(=O)O. The number of amides is 1. The molecule has 3 N–H and O–H groups in total. The summed E-state index contributed by atoms with van der Waals surface area (Å²) in [5, 5.41) is 20.4. The number of carbonyl (C=O) groups is 2. The molecule has 98 valence electrons. The molecule has 1 aromatic carbocycles. The number of phenolic OH excluding ortho intramolecular Hbond substituents is 1. The molecule has 6 heteroatoms. The zero-order valence-corrected chi connectivity index (χ0v) is 10.7. The molecule has 0 spiro atoms. The van der Waals surface area contributed by atoms with Crippen molar-refractivity contribution in [2.75, 3.05) is 5.75 Å². The second-order valence-corrected chi connectivity index (χ2v) is 4.80. The van der Waals surface area contributed by atoms with Gasteiger partial charge in [-0.1, -0.05) is 12.1 Å². The van der Waals surface area contributed by atoms with Gasteiger partial charge in [-0.05, 0) is 17.7 Å². The van der Waals surface area contributed by atoms with Crippen LogP contribution in [0.5, 0.6) is 5.75 Å². The first kappa shape index (κ1) is 14.4. The monoisotopic (exact) mass is 269 g/mol. The minimum Gasteiger partial charge on any atom is -0.508 e. The molecule has 0 aliphatic carbocycles. The van der Waals surface area contributed by atoms with E-state index in [1.807, 2.05) is 0 Å². The fraction of sp³-hybridized carbons (Fsp3) is 0.333. The summed E-state index contributed by atoms with van der Waals surface area (Å²) >= 11 is 1.41. The first-order valence-electron chi connectivity index (χ1n) is 5.34. The van der Waals surface area contributed by atoms with Crippen LogP contribution in [-0.2, 0) is 15.3 Å². The number of phenols is 1. The summed E-state index contributed by atoms with van der Waals surface area (Å²) in [4.78, 5) is 21.7. The fourth-order valence-corrected chi connectivity index (χ4v) is 2.31. The van der Waals surface area contributed by atoms with Gasteiger partial charge in [0.15, 0.2) is 0 Å². The van der Waals surface area contributed by atoms with E-state index in [1.54, 1.807) is 24.3 Å². The van der Waals surface area contributed by atoms with Crippen molar-refractivity contribution in [3.05, 3.63) is 29.8 Å². The predicted molar refractivity (Wildman–Crippen MR) is 69.5 cm³/mol. The summed E-state index contributed by atoms with van der Waals surface area (Å²) in [6.45, 7) is 1.29. The molecule has 1 atom stereocenters. The number of hydrogen-bond donors (Lipinski definition) is 3. The van der Waals surface area contributed by atoms with E-state index < -0.39 is 12.0 Å². The summed E-state index contributed by atoms with van der Waals surface area (Å²) in [5.41, 5.74) is 0.991. The van der Waals surface area contributed by atoms with Gasteiger partial charge in [0, 0.05) is 18.4 Å². The molecule has 0 fully saturated rings. The van der Waals surface area contributed by atoms with Crippen molar-refractivity contribution in [1.29, 1.82) is 0 Å². The third-order valence-corrected chi connectivity index (χ3v) is 3.27. The van der Waals surface area contributed by atoms with Gasteiger partial charge in [0.05, 0.1) is 0 Å². The van der Waals surface area contributed by atoms with Crippen LogP contribution in [0.3, 0.4) is 0 Å². The molecule has 0 aliphatic rings. The van der Waals surface area contributed by atoms with Crippen molar-refractivity contribution in [3.63, 3.8) is 0 Å². The quantitative estimate of drug-likeness (QED) is 0.722. The van der Waals surface area contributed by atoms with Crippen molar-refractivity contribution >= 4 is 23.6 Å². The summed E-state index contributed by atoms with van der Waals surface area (Å²) in [6.07, 6.45) is 0. The Labute approximate surface area is 109 Å². The minimum atomic E-state index is -1.04. The van der Waals surface area contributed by atoms with E-state index in [-0.39, 0.29) is 11.7 Å². The number of aromatic hydroxyl groups is 1. The Bertz CT molecular complexity index is 419. The molecule has 0 bridgehead atoms. The zero-order valence-electron chi connectivity index (χ0n) is 9.92. The topological polar surface area (TPSA) is 86.6 Å². The highest BCUT2D eigenvalue weighted by molar-refractivity contribution is 7.98. The van der Waals surface area contributed by atoms with Crippen LogP contribution in [0.4, 0.5) is 0 Å². The molecule has 1 amide bonds. The molecule has 0 aliphatic heterocycles. The van der Waals surface area contributed by atoms with Crippen molar-refractivity contribution in [2.45, 2.75) is 18.7 Å². The first-order chi connectivity index (χ1) is 8.49. The number of thioether (sulfide) groups is 1. The number of carboxylic acid groups (broad SMARTS) is 1. The molecular formula is C12H15NO4S. The third-order valence-electron chi connectivity index (χ3n) is 2.17. The van der Waals surface area contributed by atoms with Gasteiger partial charge in [-0.3, -0.25) is 4.79 Å². The van der Waals surface area contributed by atoms with Crippen molar-refractivity contribution < 1.29 is 19.8 Å². The lowest BCUT2D eigenvalue weighted by Crippen LogP contribution is -2.41. The Hall–Kier alpha value is -1.69. The number of hydrogen-bond acceptors (Lipinski definition) is 4. The van der Waals surface area contributed by atoms with Gasteiger partial charge < -0.3 is 15.5 Å². The molecule has 1 rings (SSSR count). The molecule has 5 nitrogen and oxygen atoms in total. The van der Waals surface area contributed by atoms with E-state index in [2.05, 4.69) is 5.32 Å². The minimum absolute atomic E-state index is 0.199. The number of rotatable bonds is 6. The molecule has 0 heterocycles. The van der Waals surface area contributed by atoms with Crippen molar-refractivity contribution in [3.8, 4) is 5.75 Å². The highest BCUT2D eigenvalue weighted by atomic mass is 32.2. The van der Waals surface area contributed by atoms with Gasteiger partial charge >= 0.3 is 5.97 Å². The van der Waals surface area contributed by atoms with E-state index in [0.717, 1.165) is 5.56 Å². The molecule has 1 aromatic rings. The molecular weight excluding hydrogens is 254 g/mol. The van der Waals surface area contributed by atoms with Crippen molar-refractivity contribution in [2.24, 2.45) is 0 Å². The van der Waals surface area contributed by atoms with E-state index >= 15 is 0 Å². The third kappa shape index (κ3) is 5.09. The van der Waals surface area contributed by atoms with Crippen LogP contribution in [0.1, 0.15) is 12.5 Å². The number of nitrogens with one attached hydrogen (secondary N) is 1. The number of aliphatic carboxylic acids is 1. The lowest BCUT2D eigenvalue weighted by Gasteiger charge is -2.12. The first-order valence-corrected chi connectivity index (χ1v) is 6.50. The molecule has 0 saturated heterocycles. The summed E-state index contributed by atoms with van der Waals surface area (Å²) in [7, 11) is 0. The van der Waals surface area contributed by atoms with Crippen molar-refractivity contribution in [1.82, 2.24) is 5.32 Å². The van der Waals surface area contributed by atoms with Crippen LogP contribution in [0, 0.1) is 0 Å². The van der Waals surface area contributed by atoms with Crippen LogP contribution in [-0.4, -0.2) is 33.9 Å². The second-order valence-electron chi connectivity index (χ2n) is 3.77. The van der Waals surface area contributed by atoms with E-state index in [0.29, 0.717) is 11.5 Å². The van der Waals surface area contributed by atoms with Crippen LogP contribution in [0.2, 0.25) is 0 Å². The average molecular weight is 269 g/mol. The summed E-state index contributed by atoms with van der Waals surface area (Å²) in [5.74, 6) is -0.263. The normalized spacial score (nSPS) is 11.8. The highest BCUT2D eigenvalue weighted by Gasteiger charge is 2.17. The average Bonchev–Trinajstić information content (AvgIpc) is 2.29. The van der Waals surface area contributed by atoms with Crippen LogP contribution >= 0.6 is 11.8 Å². The van der Waals surface area contributed by atoms with E-state index in [1.165, 1.54) is 18.7 Å². The van der Waals surface area contributed by atoms with Crippen LogP contribution < -0.4 is 5.32 Å². The standard InChI is InChI=1S/C12H15NO4S/c1-8(14)13-11(12(16)17)7-18-6-9-2-4-10(15)5-3-9/h2-5,11,15H,6-7H2,1H3,(H,13,14)(H,16,17)/t11-/m0/s1. The highest BCUT2D eigenvalue weighted by Crippen LogP contribution is 2.16. The predicted octanol–water partition coefficient (Wildman–Crippen LogP) is 1.21. The molecule has 0 unspecified atom stereocenters. The smallest absolute Gasteiger partial charge is 0.327 e. The van der Waals surface area contributed by atoms with Gasteiger partial charge in [0.2, 0.25) is 5.91 Å². The zero-order chi connectivity index (χ0) is 13.5. The molecule has 0 saturated carbocycles. The Morgan fingerprint density at radius 2 is 1.94 bits per heavy atom. The van der Waals surface area contributed by atoms with Crippen LogP contribution in [0.15, 0.2) is 24.3 Å². The summed E-state index contributed by atoms with van der Waals surface area (Å²) in [6, 6.07) is 5.84. The van der Waals surface area contributed by atoms with Crippen LogP contribution in [0.25, 0.3) is 0 Å². The van der Waals surface area contributed by atoms with Gasteiger partial charge in [-0.2, -0.15) is 11.8 Å². The molecule has 0 aromatic heterocycles. The molecule has 18 heavy (non-hydrogen) atoms. The number of benzene rings is 1. The maximum atomic E-state index is 10.9. The van der Waals surface area contributed by atoms with Gasteiger partial charge in [0.1, 0.15) is 11.8 Å². The molecule has 0 radical (unpaired) electrons. The lowest BCUT2D eigenvalue weighted by molar-refractivity contribution is -0.140. The Kier molecular flexibility index (Phi) is 5.51. The maximum Gasteiger partial charge on any atom is 0.327 e. The lowest BCUT2D eigenvalue weighted by atomic mass is 10.2. The summed E-state index contributed by atoms with van der Waals surface area (Å²) < 4.78 is 0. The Morgan fingerprint density at radius 1 is 1.33 bits per heavy atom. The van der Waals surface area contributed by atoms with Gasteiger partial charge in [-0.15, -0.1) is 0 Å². The number of carboxylic acids is 1. The second kappa shape index (κ2) is 6.90. The van der Waals surface area contributed by atoms with Gasteiger partial charge in [-0.25, -0.2) is 4.79 Å². The maximum absolute atomic E-state index is 10.9. The van der Waals surface area contributed by atoms with Gasteiger partial charge in [0.25, 0.3) is 0 Å².